The molecule has 1 aromatic rings. The molecule has 1 aliphatic rings. The maximum absolute atomic E-state index is 13.0. The number of sulfone groups is 1. The van der Waals surface area contributed by atoms with Gasteiger partial charge in [0.2, 0.25) is 5.60 Å². The van der Waals surface area contributed by atoms with E-state index >= 15 is 0 Å². The maximum atomic E-state index is 13.0. The fourth-order valence-electron chi connectivity index (χ4n) is 3.08. The standard InChI is InChI=1S/C18H25NO7S/c1-17(2,3)18(23,16(21)22)14-15(20)19(8-9-26-14)13-7-5-6-12(10-13)11-27(4,24)25/h5-7,10,14,23H,8-9,11H2,1-4H3,(H,21,22)/t14-,18+/m0/s1. The van der Waals surface area contributed by atoms with Crippen molar-refractivity contribution in [3.8, 4) is 0 Å². The zero-order valence-electron chi connectivity index (χ0n) is 15.8. The summed E-state index contributed by atoms with van der Waals surface area (Å²) < 4.78 is 28.4. The fourth-order valence-corrected chi connectivity index (χ4v) is 3.87. The number of aliphatic carboxylic acids is 1. The van der Waals surface area contributed by atoms with E-state index in [0.29, 0.717) is 11.3 Å². The molecule has 9 heteroatoms. The van der Waals surface area contributed by atoms with Gasteiger partial charge in [0, 0.05) is 23.9 Å². The van der Waals surface area contributed by atoms with E-state index < -0.39 is 38.8 Å². The summed E-state index contributed by atoms with van der Waals surface area (Å²) in [5.74, 6) is -2.40. The van der Waals surface area contributed by atoms with Crippen molar-refractivity contribution in [2.24, 2.45) is 5.41 Å². The molecule has 1 aliphatic heterocycles. The molecule has 150 valence electrons. The molecule has 1 amide bonds. The number of morpholine rings is 1. The molecule has 0 unspecified atom stereocenters. The molecule has 2 atom stereocenters. The highest BCUT2D eigenvalue weighted by Gasteiger charge is 2.58. The SMILES string of the molecule is CC(C)(C)[C@](O)(C(=O)O)[C@H]1OCCN(c2cccc(CS(C)(=O)=O)c2)C1=O. The van der Waals surface area contributed by atoms with Crippen LogP contribution in [0.4, 0.5) is 5.69 Å². The van der Waals surface area contributed by atoms with Crippen LogP contribution in [0.5, 0.6) is 0 Å². The van der Waals surface area contributed by atoms with E-state index in [4.69, 9.17) is 4.74 Å². The van der Waals surface area contributed by atoms with Crippen molar-refractivity contribution < 1.29 is 33.0 Å². The number of hydrogen-bond donors (Lipinski definition) is 2. The quantitative estimate of drug-likeness (QED) is 0.752. The third kappa shape index (κ3) is 4.31. The van der Waals surface area contributed by atoms with Crippen LogP contribution in [0.3, 0.4) is 0 Å². The first kappa shape index (κ1) is 21.3. The number of aliphatic hydroxyl groups is 1. The second kappa shape index (κ2) is 7.21. The number of carboxylic acids is 1. The number of carbonyl (C=O) groups excluding carboxylic acids is 1. The van der Waals surface area contributed by atoms with Crippen molar-refractivity contribution in [3.63, 3.8) is 0 Å². The van der Waals surface area contributed by atoms with Gasteiger partial charge < -0.3 is 19.8 Å². The lowest BCUT2D eigenvalue weighted by Gasteiger charge is -2.44. The number of hydrogen-bond acceptors (Lipinski definition) is 6. The van der Waals surface area contributed by atoms with Crippen LogP contribution in [0.2, 0.25) is 0 Å². The first-order valence-corrected chi connectivity index (χ1v) is 10.5. The van der Waals surface area contributed by atoms with Gasteiger partial charge in [0.1, 0.15) is 0 Å². The largest absolute Gasteiger partial charge is 0.479 e. The zero-order valence-corrected chi connectivity index (χ0v) is 16.6. The summed E-state index contributed by atoms with van der Waals surface area (Å²) in [5, 5.41) is 20.4. The number of anilines is 1. The molecular formula is C18H25NO7S. The molecule has 2 rings (SSSR count). The molecule has 8 nitrogen and oxygen atoms in total. The highest BCUT2D eigenvalue weighted by atomic mass is 32.2. The highest BCUT2D eigenvalue weighted by Crippen LogP contribution is 2.37. The molecule has 2 N–H and O–H groups in total. The molecule has 27 heavy (non-hydrogen) atoms. The second-order valence-corrected chi connectivity index (χ2v) is 9.94. The first-order chi connectivity index (χ1) is 12.3. The van der Waals surface area contributed by atoms with E-state index in [1.807, 2.05) is 0 Å². The molecule has 0 aliphatic carbocycles. The van der Waals surface area contributed by atoms with Crippen LogP contribution in [0.25, 0.3) is 0 Å². The lowest BCUT2D eigenvalue weighted by molar-refractivity contribution is -0.203. The van der Waals surface area contributed by atoms with Gasteiger partial charge in [-0.15, -0.1) is 0 Å². The molecule has 1 heterocycles. The predicted octanol–water partition coefficient (Wildman–Crippen LogP) is 0.825. The summed E-state index contributed by atoms with van der Waals surface area (Å²) in [6.45, 7) is 4.76. The topological polar surface area (TPSA) is 121 Å². The minimum absolute atomic E-state index is 0.0401. The average Bonchev–Trinajstić information content (AvgIpc) is 2.51. The van der Waals surface area contributed by atoms with Crippen molar-refractivity contribution in [2.75, 3.05) is 24.3 Å². The van der Waals surface area contributed by atoms with Crippen molar-refractivity contribution in [1.82, 2.24) is 0 Å². The first-order valence-electron chi connectivity index (χ1n) is 8.43. The fraction of sp³-hybridized carbons (Fsp3) is 0.556. The van der Waals surface area contributed by atoms with Crippen LogP contribution in [-0.4, -0.2) is 61.6 Å². The number of rotatable bonds is 5. The van der Waals surface area contributed by atoms with Crippen LogP contribution < -0.4 is 4.90 Å². The van der Waals surface area contributed by atoms with Gasteiger partial charge >= 0.3 is 5.97 Å². The van der Waals surface area contributed by atoms with Crippen LogP contribution >= 0.6 is 0 Å². The average molecular weight is 399 g/mol. The van der Waals surface area contributed by atoms with E-state index in [1.54, 1.807) is 24.3 Å². The van der Waals surface area contributed by atoms with E-state index in [1.165, 1.54) is 25.7 Å². The van der Waals surface area contributed by atoms with Gasteiger partial charge in [0.05, 0.1) is 12.4 Å². The smallest absolute Gasteiger partial charge is 0.339 e. The number of nitrogens with zero attached hydrogens (tertiary/aromatic N) is 1. The Bertz CT molecular complexity index is 844. The van der Waals surface area contributed by atoms with Gasteiger partial charge in [-0.1, -0.05) is 32.9 Å². The molecule has 0 spiro atoms. The Kier molecular flexibility index (Phi) is 5.70. The number of carbonyl (C=O) groups is 2. The Hall–Kier alpha value is -1.97. The van der Waals surface area contributed by atoms with Crippen molar-refractivity contribution in [1.29, 1.82) is 0 Å². The molecule has 1 fully saturated rings. The zero-order chi connectivity index (χ0) is 20.6. The maximum Gasteiger partial charge on any atom is 0.339 e. The highest BCUT2D eigenvalue weighted by molar-refractivity contribution is 7.89. The van der Waals surface area contributed by atoms with Crippen molar-refractivity contribution in [3.05, 3.63) is 29.8 Å². The minimum Gasteiger partial charge on any atom is -0.479 e. The van der Waals surface area contributed by atoms with Crippen molar-refractivity contribution in [2.45, 2.75) is 38.2 Å². The number of ether oxygens (including phenoxy) is 1. The Morgan fingerprint density at radius 3 is 2.48 bits per heavy atom. The van der Waals surface area contributed by atoms with Crippen LogP contribution in [0.15, 0.2) is 24.3 Å². The van der Waals surface area contributed by atoms with E-state index in [2.05, 4.69) is 0 Å². The summed E-state index contributed by atoms with van der Waals surface area (Å²) in [5.41, 5.74) is -2.65. The molecular weight excluding hydrogens is 374 g/mol. The van der Waals surface area contributed by atoms with Gasteiger partial charge in [0.25, 0.3) is 5.91 Å². The molecule has 0 radical (unpaired) electrons. The lowest BCUT2D eigenvalue weighted by atomic mass is 9.72. The summed E-state index contributed by atoms with van der Waals surface area (Å²) in [6, 6.07) is 6.46. The van der Waals surface area contributed by atoms with Crippen LogP contribution in [-0.2, 0) is 29.9 Å². The number of carboxylic acid groups (broad SMARTS) is 1. The van der Waals surface area contributed by atoms with E-state index in [0.717, 1.165) is 6.26 Å². The molecule has 0 saturated carbocycles. The normalized spacial score (nSPS) is 21.0. The second-order valence-electron chi connectivity index (χ2n) is 7.80. The monoisotopic (exact) mass is 399 g/mol. The molecule has 1 aromatic carbocycles. The van der Waals surface area contributed by atoms with Gasteiger partial charge in [0.15, 0.2) is 15.9 Å². The van der Waals surface area contributed by atoms with Crippen LogP contribution in [0, 0.1) is 5.41 Å². The predicted molar refractivity (Wildman–Crippen MR) is 99.1 cm³/mol. The molecule has 0 bridgehead atoms. The third-order valence-corrected chi connectivity index (χ3v) is 5.45. The van der Waals surface area contributed by atoms with Gasteiger partial charge in [-0.2, -0.15) is 0 Å². The molecule has 1 saturated heterocycles. The van der Waals surface area contributed by atoms with E-state index in [-0.39, 0.29) is 18.9 Å². The summed E-state index contributed by atoms with van der Waals surface area (Å²) in [6.07, 6.45) is -0.464. The van der Waals surface area contributed by atoms with Crippen molar-refractivity contribution >= 4 is 27.4 Å². The number of benzene rings is 1. The van der Waals surface area contributed by atoms with Gasteiger partial charge in [-0.3, -0.25) is 4.79 Å². The van der Waals surface area contributed by atoms with E-state index in [9.17, 15) is 28.2 Å². The van der Waals surface area contributed by atoms with Gasteiger partial charge in [-0.25, -0.2) is 13.2 Å². The lowest BCUT2D eigenvalue weighted by Crippen LogP contribution is -2.66. The summed E-state index contributed by atoms with van der Waals surface area (Å²) >= 11 is 0. The number of amides is 1. The minimum atomic E-state index is -3.25. The Morgan fingerprint density at radius 2 is 1.96 bits per heavy atom. The Labute approximate surface area is 158 Å². The van der Waals surface area contributed by atoms with Crippen LogP contribution in [0.1, 0.15) is 26.3 Å². The summed E-state index contributed by atoms with van der Waals surface area (Å²) in [4.78, 5) is 26.1. The third-order valence-electron chi connectivity index (χ3n) is 4.59. The Morgan fingerprint density at radius 1 is 1.33 bits per heavy atom. The molecule has 0 aromatic heterocycles. The Balaban J connectivity index is 2.40. The van der Waals surface area contributed by atoms with Gasteiger partial charge in [-0.05, 0) is 17.7 Å². The summed E-state index contributed by atoms with van der Waals surface area (Å²) in [7, 11) is -3.25.